The molecule has 2 heterocycles. The van der Waals surface area contributed by atoms with Gasteiger partial charge in [-0.1, -0.05) is 13.8 Å². The van der Waals surface area contributed by atoms with Crippen molar-refractivity contribution >= 4 is 5.82 Å². The van der Waals surface area contributed by atoms with Crippen LogP contribution in [0.5, 0.6) is 0 Å². The van der Waals surface area contributed by atoms with Gasteiger partial charge in [0, 0.05) is 12.2 Å². The maximum atomic E-state index is 4.59. The minimum atomic E-state index is 0.683. The number of hydrogen-bond donors (Lipinski definition) is 1. The molecule has 0 saturated heterocycles. The molecule has 5 heteroatoms. The SMILES string of the molecule is CCNc1cnc(Cn2nc(CC)cc2CC)cn1. The van der Waals surface area contributed by atoms with Gasteiger partial charge >= 0.3 is 0 Å². The number of aromatic nitrogens is 4. The predicted molar refractivity (Wildman–Crippen MR) is 76.3 cm³/mol. The summed E-state index contributed by atoms with van der Waals surface area (Å²) < 4.78 is 2.02. The van der Waals surface area contributed by atoms with Gasteiger partial charge in [0.15, 0.2) is 0 Å². The number of anilines is 1. The molecule has 0 unspecified atom stereocenters. The van der Waals surface area contributed by atoms with Crippen LogP contribution >= 0.6 is 0 Å². The van der Waals surface area contributed by atoms with Gasteiger partial charge in [-0.15, -0.1) is 0 Å². The van der Waals surface area contributed by atoms with Crippen LogP contribution in [0.3, 0.4) is 0 Å². The molecule has 0 fully saturated rings. The topological polar surface area (TPSA) is 55.6 Å². The van der Waals surface area contributed by atoms with Crippen LogP contribution in [0.2, 0.25) is 0 Å². The van der Waals surface area contributed by atoms with E-state index >= 15 is 0 Å². The average Bonchev–Trinajstić information content (AvgIpc) is 2.83. The summed E-state index contributed by atoms with van der Waals surface area (Å²) in [5.74, 6) is 0.816. The van der Waals surface area contributed by atoms with Crippen molar-refractivity contribution in [1.29, 1.82) is 0 Å². The summed E-state index contributed by atoms with van der Waals surface area (Å²) in [6, 6.07) is 2.17. The first kappa shape index (κ1) is 13.5. The predicted octanol–water partition coefficient (Wildman–Crippen LogP) is 2.28. The maximum Gasteiger partial charge on any atom is 0.144 e. The molecule has 0 aliphatic carbocycles. The van der Waals surface area contributed by atoms with Gasteiger partial charge in [-0.25, -0.2) is 4.98 Å². The Morgan fingerprint density at radius 1 is 1.05 bits per heavy atom. The van der Waals surface area contributed by atoms with Crippen LogP contribution in [-0.4, -0.2) is 26.3 Å². The van der Waals surface area contributed by atoms with E-state index in [-0.39, 0.29) is 0 Å². The zero-order valence-corrected chi connectivity index (χ0v) is 11.8. The lowest BCUT2D eigenvalue weighted by molar-refractivity contribution is 0.628. The Kier molecular flexibility index (Phi) is 4.49. The van der Waals surface area contributed by atoms with Crippen LogP contribution in [0, 0.1) is 0 Å². The number of hydrogen-bond acceptors (Lipinski definition) is 4. The number of nitrogens with one attached hydrogen (secondary N) is 1. The van der Waals surface area contributed by atoms with Crippen molar-refractivity contribution in [3.8, 4) is 0 Å². The van der Waals surface area contributed by atoms with Crippen molar-refractivity contribution in [1.82, 2.24) is 19.7 Å². The molecule has 0 spiro atoms. The molecule has 0 aliphatic rings. The number of rotatable bonds is 6. The molecule has 5 nitrogen and oxygen atoms in total. The van der Waals surface area contributed by atoms with Gasteiger partial charge in [0.05, 0.1) is 30.3 Å². The van der Waals surface area contributed by atoms with Crippen molar-refractivity contribution < 1.29 is 0 Å². The highest BCUT2D eigenvalue weighted by atomic mass is 15.3. The fraction of sp³-hybridized carbons (Fsp3) is 0.500. The van der Waals surface area contributed by atoms with Gasteiger partial charge < -0.3 is 5.32 Å². The Hall–Kier alpha value is -1.91. The van der Waals surface area contributed by atoms with E-state index in [1.165, 1.54) is 5.69 Å². The van der Waals surface area contributed by atoms with E-state index in [4.69, 9.17) is 0 Å². The second kappa shape index (κ2) is 6.31. The van der Waals surface area contributed by atoms with E-state index in [0.717, 1.165) is 36.6 Å². The summed E-state index contributed by atoms with van der Waals surface area (Å²) in [5, 5.41) is 7.73. The summed E-state index contributed by atoms with van der Waals surface area (Å²) in [7, 11) is 0. The van der Waals surface area contributed by atoms with Gasteiger partial charge in [-0.05, 0) is 25.8 Å². The third-order valence-electron chi connectivity index (χ3n) is 3.01. The highest BCUT2D eigenvalue weighted by Crippen LogP contribution is 2.09. The highest BCUT2D eigenvalue weighted by molar-refractivity contribution is 5.30. The first-order chi connectivity index (χ1) is 9.26. The van der Waals surface area contributed by atoms with Gasteiger partial charge in [-0.2, -0.15) is 5.10 Å². The van der Waals surface area contributed by atoms with Gasteiger partial charge in [0.2, 0.25) is 0 Å². The van der Waals surface area contributed by atoms with Crippen LogP contribution in [0.1, 0.15) is 37.9 Å². The molecule has 0 saturated carbocycles. The smallest absolute Gasteiger partial charge is 0.144 e. The summed E-state index contributed by atoms with van der Waals surface area (Å²) in [6.07, 6.45) is 5.53. The van der Waals surface area contributed by atoms with Crippen molar-refractivity contribution in [2.75, 3.05) is 11.9 Å². The molecular weight excluding hydrogens is 238 g/mol. The van der Waals surface area contributed by atoms with Crippen LogP contribution in [0.4, 0.5) is 5.82 Å². The largest absolute Gasteiger partial charge is 0.369 e. The lowest BCUT2D eigenvalue weighted by atomic mass is 10.2. The number of nitrogens with zero attached hydrogens (tertiary/aromatic N) is 4. The van der Waals surface area contributed by atoms with Crippen LogP contribution in [0.25, 0.3) is 0 Å². The molecule has 2 aromatic rings. The van der Waals surface area contributed by atoms with Crippen molar-refractivity contribution in [2.24, 2.45) is 0 Å². The quantitative estimate of drug-likeness (QED) is 0.864. The normalized spacial score (nSPS) is 10.7. The maximum absolute atomic E-state index is 4.59. The summed E-state index contributed by atoms with van der Waals surface area (Å²) in [5.41, 5.74) is 3.31. The minimum absolute atomic E-state index is 0.683. The van der Waals surface area contributed by atoms with Crippen molar-refractivity contribution in [3.05, 3.63) is 35.5 Å². The Morgan fingerprint density at radius 3 is 2.47 bits per heavy atom. The van der Waals surface area contributed by atoms with E-state index in [1.54, 1.807) is 6.20 Å². The van der Waals surface area contributed by atoms with Crippen LogP contribution in [0.15, 0.2) is 18.5 Å². The minimum Gasteiger partial charge on any atom is -0.369 e. The Labute approximate surface area is 114 Å². The van der Waals surface area contributed by atoms with Crippen molar-refractivity contribution in [3.63, 3.8) is 0 Å². The summed E-state index contributed by atoms with van der Waals surface area (Å²) in [6.45, 7) is 7.85. The molecular formula is C14H21N5. The summed E-state index contributed by atoms with van der Waals surface area (Å²) >= 11 is 0. The summed E-state index contributed by atoms with van der Waals surface area (Å²) in [4.78, 5) is 8.75. The lowest BCUT2D eigenvalue weighted by Crippen LogP contribution is -2.08. The molecule has 0 bridgehead atoms. The van der Waals surface area contributed by atoms with Crippen molar-refractivity contribution in [2.45, 2.75) is 40.2 Å². The molecule has 0 amide bonds. The third-order valence-corrected chi connectivity index (χ3v) is 3.01. The highest BCUT2D eigenvalue weighted by Gasteiger charge is 2.06. The van der Waals surface area contributed by atoms with Crippen LogP contribution in [-0.2, 0) is 19.4 Å². The van der Waals surface area contributed by atoms with E-state index in [2.05, 4.69) is 40.3 Å². The molecule has 19 heavy (non-hydrogen) atoms. The molecule has 0 aromatic carbocycles. The second-order valence-electron chi connectivity index (χ2n) is 4.42. The van der Waals surface area contributed by atoms with E-state index in [0.29, 0.717) is 6.54 Å². The molecule has 0 aliphatic heterocycles. The zero-order chi connectivity index (χ0) is 13.7. The first-order valence-electron chi connectivity index (χ1n) is 6.87. The Bertz CT molecular complexity index is 515. The Balaban J connectivity index is 2.13. The molecule has 1 N–H and O–H groups in total. The molecule has 102 valence electrons. The molecule has 2 aromatic heterocycles. The second-order valence-corrected chi connectivity index (χ2v) is 4.42. The Morgan fingerprint density at radius 2 is 1.89 bits per heavy atom. The third kappa shape index (κ3) is 3.30. The monoisotopic (exact) mass is 259 g/mol. The zero-order valence-electron chi connectivity index (χ0n) is 11.8. The molecule has 0 radical (unpaired) electrons. The van der Waals surface area contributed by atoms with E-state index < -0.39 is 0 Å². The number of aryl methyl sites for hydroxylation is 2. The van der Waals surface area contributed by atoms with E-state index in [1.807, 2.05) is 17.8 Å². The fourth-order valence-corrected chi connectivity index (χ4v) is 1.97. The van der Waals surface area contributed by atoms with Gasteiger partial charge in [0.1, 0.15) is 5.82 Å². The average molecular weight is 259 g/mol. The van der Waals surface area contributed by atoms with Gasteiger partial charge in [-0.3, -0.25) is 9.67 Å². The standard InChI is InChI=1S/C14H21N5/c1-4-11-7-13(5-2)19(18-11)10-12-8-17-14(9-16-12)15-6-3/h7-9H,4-6,10H2,1-3H3,(H,15,17). The van der Waals surface area contributed by atoms with Crippen LogP contribution < -0.4 is 5.32 Å². The lowest BCUT2D eigenvalue weighted by Gasteiger charge is -2.06. The van der Waals surface area contributed by atoms with Gasteiger partial charge in [0.25, 0.3) is 0 Å². The first-order valence-corrected chi connectivity index (χ1v) is 6.87. The van der Waals surface area contributed by atoms with E-state index in [9.17, 15) is 0 Å². The molecule has 0 atom stereocenters. The molecule has 2 rings (SSSR count). The fourth-order valence-electron chi connectivity index (χ4n) is 1.97.